The molecule has 5 nitrogen and oxygen atoms in total. The molecule has 0 aromatic carbocycles. The van der Waals surface area contributed by atoms with Gasteiger partial charge in [-0.05, 0) is 47.0 Å². The average molecular weight is 338 g/mol. The standard InChI is InChI=1S/C19H39N5/c1-15(2)24(16(3)4)13-11-21-19(20-5)22-17-10-12-23(14-17)18-8-6-7-9-18/h15-18H,6-14H2,1-5H3,(H2,20,21,22). The highest BCUT2D eigenvalue weighted by Gasteiger charge is 2.30. The van der Waals surface area contributed by atoms with Gasteiger partial charge in [-0.15, -0.1) is 0 Å². The van der Waals surface area contributed by atoms with Crippen LogP contribution in [0.5, 0.6) is 0 Å². The van der Waals surface area contributed by atoms with Crippen molar-refractivity contribution in [2.45, 2.75) is 84.0 Å². The molecule has 0 spiro atoms. The Labute approximate surface area is 149 Å². The van der Waals surface area contributed by atoms with E-state index in [4.69, 9.17) is 0 Å². The van der Waals surface area contributed by atoms with Crippen molar-refractivity contribution in [2.75, 3.05) is 33.2 Å². The van der Waals surface area contributed by atoms with Gasteiger partial charge in [0.15, 0.2) is 5.96 Å². The fourth-order valence-electron chi connectivity index (χ4n) is 4.31. The molecule has 140 valence electrons. The van der Waals surface area contributed by atoms with Crippen molar-refractivity contribution in [1.82, 2.24) is 20.4 Å². The van der Waals surface area contributed by atoms with Crippen LogP contribution >= 0.6 is 0 Å². The number of nitrogens with one attached hydrogen (secondary N) is 2. The van der Waals surface area contributed by atoms with E-state index in [0.29, 0.717) is 18.1 Å². The van der Waals surface area contributed by atoms with E-state index in [1.54, 1.807) is 0 Å². The van der Waals surface area contributed by atoms with Crippen molar-refractivity contribution in [2.24, 2.45) is 4.99 Å². The van der Waals surface area contributed by atoms with E-state index in [-0.39, 0.29) is 0 Å². The molecule has 1 heterocycles. The molecule has 1 unspecified atom stereocenters. The summed E-state index contributed by atoms with van der Waals surface area (Å²) in [7, 11) is 1.88. The van der Waals surface area contributed by atoms with Crippen molar-refractivity contribution >= 4 is 5.96 Å². The smallest absolute Gasteiger partial charge is 0.191 e. The molecular formula is C19H39N5. The first-order chi connectivity index (χ1) is 11.5. The van der Waals surface area contributed by atoms with Crippen LogP contribution in [-0.4, -0.2) is 73.2 Å². The summed E-state index contributed by atoms with van der Waals surface area (Å²) in [6.45, 7) is 13.5. The quantitative estimate of drug-likeness (QED) is 0.552. The molecule has 24 heavy (non-hydrogen) atoms. The van der Waals surface area contributed by atoms with Crippen molar-refractivity contribution in [3.8, 4) is 0 Å². The Hall–Kier alpha value is -0.810. The topological polar surface area (TPSA) is 42.9 Å². The molecule has 1 aliphatic heterocycles. The lowest BCUT2D eigenvalue weighted by atomic mass is 10.2. The predicted octanol–water partition coefficient (Wildman–Crippen LogP) is 2.29. The molecular weight excluding hydrogens is 298 g/mol. The zero-order valence-corrected chi connectivity index (χ0v) is 16.5. The van der Waals surface area contributed by atoms with Gasteiger partial charge in [-0.3, -0.25) is 14.8 Å². The summed E-state index contributed by atoms with van der Waals surface area (Å²) in [4.78, 5) is 9.62. The molecule has 0 aromatic heterocycles. The summed E-state index contributed by atoms with van der Waals surface area (Å²) in [5.74, 6) is 0.959. The highest BCUT2D eigenvalue weighted by atomic mass is 15.3. The molecule has 0 amide bonds. The Morgan fingerprint density at radius 1 is 1.12 bits per heavy atom. The summed E-state index contributed by atoms with van der Waals surface area (Å²) in [5.41, 5.74) is 0. The van der Waals surface area contributed by atoms with Crippen LogP contribution in [-0.2, 0) is 0 Å². The van der Waals surface area contributed by atoms with Gasteiger partial charge in [0.25, 0.3) is 0 Å². The fourth-order valence-corrected chi connectivity index (χ4v) is 4.31. The molecule has 1 saturated carbocycles. The van der Waals surface area contributed by atoms with Crippen molar-refractivity contribution in [3.63, 3.8) is 0 Å². The van der Waals surface area contributed by atoms with Gasteiger partial charge in [-0.1, -0.05) is 12.8 Å². The fraction of sp³-hybridized carbons (Fsp3) is 0.947. The number of likely N-dealkylation sites (tertiary alicyclic amines) is 1. The normalized spacial score (nSPS) is 23.8. The van der Waals surface area contributed by atoms with Crippen LogP contribution in [0.3, 0.4) is 0 Å². The van der Waals surface area contributed by atoms with E-state index in [0.717, 1.165) is 25.1 Å². The van der Waals surface area contributed by atoms with Crippen LogP contribution in [0.1, 0.15) is 59.8 Å². The Balaban J connectivity index is 1.71. The van der Waals surface area contributed by atoms with Gasteiger partial charge in [0.1, 0.15) is 0 Å². The monoisotopic (exact) mass is 337 g/mol. The van der Waals surface area contributed by atoms with Crippen LogP contribution in [0.4, 0.5) is 0 Å². The van der Waals surface area contributed by atoms with Gasteiger partial charge < -0.3 is 10.6 Å². The lowest BCUT2D eigenvalue weighted by Gasteiger charge is -2.30. The molecule has 1 saturated heterocycles. The predicted molar refractivity (Wildman–Crippen MR) is 104 cm³/mol. The summed E-state index contributed by atoms with van der Waals surface area (Å²) >= 11 is 0. The molecule has 2 fully saturated rings. The van der Waals surface area contributed by atoms with E-state index in [9.17, 15) is 0 Å². The van der Waals surface area contributed by atoms with E-state index in [1.165, 1.54) is 45.2 Å². The minimum absolute atomic E-state index is 0.545. The minimum atomic E-state index is 0.545. The molecule has 1 aliphatic carbocycles. The maximum atomic E-state index is 4.42. The minimum Gasteiger partial charge on any atom is -0.355 e. The molecule has 2 N–H and O–H groups in total. The van der Waals surface area contributed by atoms with Crippen LogP contribution in [0, 0.1) is 0 Å². The highest BCUT2D eigenvalue weighted by Crippen LogP contribution is 2.26. The third kappa shape index (κ3) is 5.62. The second kappa shape index (κ2) is 9.62. The number of hydrogen-bond acceptors (Lipinski definition) is 3. The maximum absolute atomic E-state index is 4.42. The molecule has 1 atom stereocenters. The van der Waals surface area contributed by atoms with E-state index >= 15 is 0 Å². The summed E-state index contributed by atoms with van der Waals surface area (Å²) < 4.78 is 0. The third-order valence-corrected chi connectivity index (χ3v) is 5.61. The Morgan fingerprint density at radius 2 is 1.79 bits per heavy atom. The van der Waals surface area contributed by atoms with E-state index in [2.05, 4.69) is 53.1 Å². The lowest BCUT2D eigenvalue weighted by molar-refractivity contribution is 0.178. The number of nitrogens with zero attached hydrogens (tertiary/aromatic N) is 3. The second-order valence-corrected chi connectivity index (χ2v) is 7.99. The van der Waals surface area contributed by atoms with E-state index < -0.39 is 0 Å². The van der Waals surface area contributed by atoms with Gasteiger partial charge in [-0.2, -0.15) is 0 Å². The Bertz CT molecular complexity index is 379. The first-order valence-electron chi connectivity index (χ1n) is 9.98. The lowest BCUT2D eigenvalue weighted by Crippen LogP contribution is -2.48. The van der Waals surface area contributed by atoms with Crippen LogP contribution < -0.4 is 10.6 Å². The SMILES string of the molecule is CN=C(NCCN(C(C)C)C(C)C)NC1CCN(C2CCCC2)C1. The molecule has 5 heteroatoms. The van der Waals surface area contributed by atoms with Gasteiger partial charge in [0, 0.05) is 57.4 Å². The summed E-state index contributed by atoms with van der Waals surface area (Å²) in [6.07, 6.45) is 6.89. The number of guanidine groups is 1. The second-order valence-electron chi connectivity index (χ2n) is 7.99. The van der Waals surface area contributed by atoms with Gasteiger partial charge in [-0.25, -0.2) is 0 Å². The highest BCUT2D eigenvalue weighted by molar-refractivity contribution is 5.80. The van der Waals surface area contributed by atoms with Crippen molar-refractivity contribution in [3.05, 3.63) is 0 Å². The Morgan fingerprint density at radius 3 is 2.38 bits per heavy atom. The molecule has 0 aromatic rings. The number of aliphatic imine (C=N–C) groups is 1. The summed E-state index contributed by atoms with van der Waals surface area (Å²) in [5, 5.41) is 7.13. The molecule has 2 aliphatic rings. The van der Waals surface area contributed by atoms with Gasteiger partial charge in [0.05, 0.1) is 0 Å². The average Bonchev–Trinajstić information content (AvgIpc) is 3.20. The zero-order chi connectivity index (χ0) is 17.5. The van der Waals surface area contributed by atoms with Crippen LogP contribution in [0.2, 0.25) is 0 Å². The maximum Gasteiger partial charge on any atom is 0.191 e. The van der Waals surface area contributed by atoms with Crippen LogP contribution in [0.15, 0.2) is 4.99 Å². The zero-order valence-electron chi connectivity index (χ0n) is 16.5. The van der Waals surface area contributed by atoms with Gasteiger partial charge in [0.2, 0.25) is 0 Å². The molecule has 0 radical (unpaired) electrons. The first kappa shape index (κ1) is 19.5. The summed E-state index contributed by atoms with van der Waals surface area (Å²) in [6, 6.07) is 2.55. The Kier molecular flexibility index (Phi) is 7.82. The number of rotatable bonds is 7. The molecule has 0 bridgehead atoms. The largest absolute Gasteiger partial charge is 0.355 e. The third-order valence-electron chi connectivity index (χ3n) is 5.61. The number of hydrogen-bond donors (Lipinski definition) is 2. The molecule has 2 rings (SSSR count). The van der Waals surface area contributed by atoms with Crippen LogP contribution in [0.25, 0.3) is 0 Å². The van der Waals surface area contributed by atoms with Crippen molar-refractivity contribution in [1.29, 1.82) is 0 Å². The van der Waals surface area contributed by atoms with Gasteiger partial charge >= 0.3 is 0 Å². The van der Waals surface area contributed by atoms with Crippen molar-refractivity contribution < 1.29 is 0 Å². The van der Waals surface area contributed by atoms with E-state index in [1.807, 2.05) is 7.05 Å². The first-order valence-corrected chi connectivity index (χ1v) is 9.98.